The zero-order chi connectivity index (χ0) is 18.2. The number of aromatic carboxylic acids is 1. The summed E-state index contributed by atoms with van der Waals surface area (Å²) >= 11 is 0. The molecule has 0 aliphatic rings. The Bertz CT molecular complexity index is 851. The van der Waals surface area contributed by atoms with Gasteiger partial charge in [0.25, 0.3) is 5.91 Å². The summed E-state index contributed by atoms with van der Waals surface area (Å²) < 4.78 is 0. The molecule has 0 aliphatic heterocycles. The minimum absolute atomic E-state index is 0.143. The molecule has 2 aromatic carbocycles. The van der Waals surface area contributed by atoms with Crippen molar-refractivity contribution in [2.45, 2.75) is 6.42 Å². The number of carbonyl (C=O) groups is 2. The first kappa shape index (κ1) is 17.8. The molecule has 3 N–H and O–H groups in total. The summed E-state index contributed by atoms with van der Waals surface area (Å²) in [5, 5.41) is 30.3. The van der Waals surface area contributed by atoms with Gasteiger partial charge in [0.1, 0.15) is 23.0 Å². The average molecular weight is 336 g/mol. The fraction of sp³-hybridized carbons (Fsp3) is 0.105. The summed E-state index contributed by atoms with van der Waals surface area (Å²) in [7, 11) is 0. The van der Waals surface area contributed by atoms with Crippen LogP contribution in [0.3, 0.4) is 0 Å². The van der Waals surface area contributed by atoms with E-state index in [0.717, 1.165) is 5.56 Å². The normalized spacial score (nSPS) is 10.8. The van der Waals surface area contributed by atoms with Crippen molar-refractivity contribution >= 4 is 18.0 Å². The molecular formula is C19H16N2O4. The highest BCUT2D eigenvalue weighted by Crippen LogP contribution is 2.20. The predicted octanol–water partition coefficient (Wildman–Crippen LogP) is 2.36. The smallest absolute Gasteiger partial charge is 0.339 e. The molecule has 6 heteroatoms. The van der Waals surface area contributed by atoms with Gasteiger partial charge in [-0.25, -0.2) is 4.79 Å². The van der Waals surface area contributed by atoms with Crippen LogP contribution in [0.4, 0.5) is 0 Å². The van der Waals surface area contributed by atoms with Crippen LogP contribution in [0.2, 0.25) is 0 Å². The van der Waals surface area contributed by atoms with Crippen LogP contribution in [0.1, 0.15) is 21.5 Å². The van der Waals surface area contributed by atoms with Crippen LogP contribution in [-0.4, -0.2) is 28.6 Å². The molecule has 0 unspecified atom stereocenters. The third-order valence-corrected chi connectivity index (χ3v) is 3.47. The lowest BCUT2D eigenvalue weighted by molar-refractivity contribution is -0.117. The monoisotopic (exact) mass is 336 g/mol. The van der Waals surface area contributed by atoms with E-state index in [4.69, 9.17) is 10.4 Å². The van der Waals surface area contributed by atoms with Crippen molar-refractivity contribution in [2.75, 3.05) is 6.54 Å². The van der Waals surface area contributed by atoms with E-state index >= 15 is 0 Å². The van der Waals surface area contributed by atoms with Crippen LogP contribution in [0, 0.1) is 11.3 Å². The van der Waals surface area contributed by atoms with Crippen molar-refractivity contribution in [3.8, 4) is 11.8 Å². The van der Waals surface area contributed by atoms with E-state index in [0.29, 0.717) is 18.5 Å². The van der Waals surface area contributed by atoms with Gasteiger partial charge in [0.05, 0.1) is 0 Å². The number of phenols is 1. The molecule has 0 heterocycles. The van der Waals surface area contributed by atoms with Gasteiger partial charge in [-0.15, -0.1) is 0 Å². The molecule has 0 radical (unpaired) electrons. The lowest BCUT2D eigenvalue weighted by atomic mass is 10.1. The molecule has 25 heavy (non-hydrogen) atoms. The molecule has 0 bridgehead atoms. The SMILES string of the molecule is N#C/C(=C\c1ccc(O)c(C(=O)O)c1)C(=O)NCCc1ccccc1. The highest BCUT2D eigenvalue weighted by atomic mass is 16.4. The summed E-state index contributed by atoms with van der Waals surface area (Å²) in [5.41, 5.74) is 0.963. The van der Waals surface area contributed by atoms with Gasteiger partial charge in [-0.2, -0.15) is 5.26 Å². The van der Waals surface area contributed by atoms with E-state index in [9.17, 15) is 14.7 Å². The fourth-order valence-electron chi connectivity index (χ4n) is 2.19. The second kappa shape index (κ2) is 8.31. The van der Waals surface area contributed by atoms with Crippen LogP contribution >= 0.6 is 0 Å². The van der Waals surface area contributed by atoms with Gasteiger partial charge >= 0.3 is 5.97 Å². The first-order valence-corrected chi connectivity index (χ1v) is 7.51. The Morgan fingerprint density at radius 1 is 1.16 bits per heavy atom. The summed E-state index contributed by atoms with van der Waals surface area (Å²) in [6, 6.07) is 15.2. The Hall–Kier alpha value is -3.59. The summed E-state index contributed by atoms with van der Waals surface area (Å²) in [4.78, 5) is 23.1. The number of amides is 1. The quantitative estimate of drug-likeness (QED) is 0.554. The Morgan fingerprint density at radius 2 is 1.88 bits per heavy atom. The Labute approximate surface area is 144 Å². The lowest BCUT2D eigenvalue weighted by Gasteiger charge is -2.05. The highest BCUT2D eigenvalue weighted by molar-refractivity contribution is 6.02. The zero-order valence-corrected chi connectivity index (χ0v) is 13.3. The molecule has 0 spiro atoms. The van der Waals surface area contributed by atoms with Gasteiger partial charge < -0.3 is 15.5 Å². The van der Waals surface area contributed by atoms with Gasteiger partial charge in [-0.3, -0.25) is 4.79 Å². The minimum atomic E-state index is -1.29. The van der Waals surface area contributed by atoms with E-state index < -0.39 is 11.9 Å². The van der Waals surface area contributed by atoms with E-state index in [-0.39, 0.29) is 16.9 Å². The molecule has 1 amide bonds. The molecule has 6 nitrogen and oxygen atoms in total. The molecule has 0 saturated heterocycles. The molecule has 0 aliphatic carbocycles. The van der Waals surface area contributed by atoms with E-state index in [1.165, 1.54) is 24.3 Å². The van der Waals surface area contributed by atoms with Gasteiger partial charge in [-0.1, -0.05) is 36.4 Å². The van der Waals surface area contributed by atoms with Crippen molar-refractivity contribution in [1.82, 2.24) is 5.32 Å². The number of nitriles is 1. The van der Waals surface area contributed by atoms with Crippen LogP contribution in [0.5, 0.6) is 5.75 Å². The van der Waals surface area contributed by atoms with Crippen LogP contribution in [0.25, 0.3) is 6.08 Å². The van der Waals surface area contributed by atoms with Crippen molar-refractivity contribution in [2.24, 2.45) is 0 Å². The third kappa shape index (κ3) is 4.94. The second-order valence-electron chi connectivity index (χ2n) is 5.24. The molecular weight excluding hydrogens is 320 g/mol. The number of nitrogens with zero attached hydrogens (tertiary/aromatic N) is 1. The largest absolute Gasteiger partial charge is 0.507 e. The molecule has 2 rings (SSSR count). The number of benzene rings is 2. The summed E-state index contributed by atoms with van der Waals surface area (Å²) in [6.07, 6.45) is 1.91. The Kier molecular flexibility index (Phi) is 5.91. The lowest BCUT2D eigenvalue weighted by Crippen LogP contribution is -2.26. The van der Waals surface area contributed by atoms with Gasteiger partial charge in [0.2, 0.25) is 0 Å². The summed E-state index contributed by atoms with van der Waals surface area (Å²) in [6.45, 7) is 0.373. The predicted molar refractivity (Wildman–Crippen MR) is 91.8 cm³/mol. The Balaban J connectivity index is 2.06. The van der Waals surface area contributed by atoms with Crippen molar-refractivity contribution in [3.63, 3.8) is 0 Å². The molecule has 0 atom stereocenters. The standard InChI is InChI=1S/C19H16N2O4/c20-12-15(10-14-6-7-17(22)16(11-14)19(24)25)18(23)21-9-8-13-4-2-1-3-5-13/h1-7,10-11,22H,8-9H2,(H,21,23)(H,24,25)/b15-10+. The van der Waals surface area contributed by atoms with Crippen molar-refractivity contribution < 1.29 is 19.8 Å². The average Bonchev–Trinajstić information content (AvgIpc) is 2.61. The molecule has 0 saturated carbocycles. The highest BCUT2D eigenvalue weighted by Gasteiger charge is 2.12. The zero-order valence-electron chi connectivity index (χ0n) is 13.3. The number of aromatic hydroxyl groups is 1. The number of carbonyl (C=O) groups excluding carboxylic acids is 1. The van der Waals surface area contributed by atoms with Crippen molar-refractivity contribution in [1.29, 1.82) is 5.26 Å². The first-order valence-electron chi connectivity index (χ1n) is 7.51. The van der Waals surface area contributed by atoms with Crippen LogP contribution in [0.15, 0.2) is 54.1 Å². The van der Waals surface area contributed by atoms with Gasteiger partial charge in [-0.05, 0) is 35.8 Å². The topological polar surface area (TPSA) is 110 Å². The van der Waals surface area contributed by atoms with E-state index in [1.54, 1.807) is 6.07 Å². The van der Waals surface area contributed by atoms with Crippen molar-refractivity contribution in [3.05, 3.63) is 70.8 Å². The van der Waals surface area contributed by atoms with Gasteiger partial charge in [0, 0.05) is 6.54 Å². The molecule has 0 fully saturated rings. The maximum Gasteiger partial charge on any atom is 0.339 e. The Morgan fingerprint density at radius 3 is 2.52 bits per heavy atom. The molecule has 0 aromatic heterocycles. The number of carboxylic acid groups (broad SMARTS) is 1. The van der Waals surface area contributed by atoms with E-state index in [2.05, 4.69) is 5.32 Å². The number of hydrogen-bond donors (Lipinski definition) is 3. The summed E-state index contributed by atoms with van der Waals surface area (Å²) in [5.74, 6) is -2.21. The van der Waals surface area contributed by atoms with Crippen LogP contribution < -0.4 is 5.32 Å². The maximum absolute atomic E-state index is 12.1. The number of carboxylic acids is 1. The molecule has 2 aromatic rings. The number of hydrogen-bond acceptors (Lipinski definition) is 4. The first-order chi connectivity index (χ1) is 12.0. The van der Waals surface area contributed by atoms with E-state index in [1.807, 2.05) is 30.3 Å². The number of rotatable bonds is 6. The maximum atomic E-state index is 12.1. The minimum Gasteiger partial charge on any atom is -0.507 e. The van der Waals surface area contributed by atoms with Gasteiger partial charge in [0.15, 0.2) is 0 Å². The third-order valence-electron chi connectivity index (χ3n) is 3.47. The second-order valence-corrected chi connectivity index (χ2v) is 5.24. The fourth-order valence-corrected chi connectivity index (χ4v) is 2.19. The van der Waals surface area contributed by atoms with Crippen LogP contribution in [-0.2, 0) is 11.2 Å². The number of nitrogens with one attached hydrogen (secondary N) is 1. The molecule has 126 valence electrons.